The number of aromatic nitrogens is 2. The monoisotopic (exact) mass is 292 g/mol. The smallest absolute Gasteiger partial charge is 0.243 e. The summed E-state index contributed by atoms with van der Waals surface area (Å²) in [4.78, 5) is 26.5. The summed E-state index contributed by atoms with van der Waals surface area (Å²) in [6.45, 7) is 8.68. The lowest BCUT2D eigenvalue weighted by molar-refractivity contribution is -0.144. The lowest BCUT2D eigenvalue weighted by atomic mass is 9.94. The van der Waals surface area contributed by atoms with Crippen molar-refractivity contribution in [3.8, 4) is 0 Å². The van der Waals surface area contributed by atoms with Gasteiger partial charge in [-0.2, -0.15) is 5.10 Å². The molecule has 1 fully saturated rings. The van der Waals surface area contributed by atoms with Crippen LogP contribution in [0, 0.1) is 12.3 Å². The predicted octanol–water partition coefficient (Wildman–Crippen LogP) is 1.37. The molecule has 0 radical (unpaired) electrons. The van der Waals surface area contributed by atoms with E-state index in [2.05, 4.69) is 15.5 Å². The van der Waals surface area contributed by atoms with Gasteiger partial charge >= 0.3 is 0 Å². The number of rotatable bonds is 3. The Kier molecular flexibility index (Phi) is 4.34. The zero-order valence-electron chi connectivity index (χ0n) is 13.2. The maximum absolute atomic E-state index is 12.4. The van der Waals surface area contributed by atoms with Crippen LogP contribution in [-0.2, 0) is 16.1 Å². The van der Waals surface area contributed by atoms with Crippen LogP contribution in [0.4, 0.5) is 0 Å². The fourth-order valence-corrected chi connectivity index (χ4v) is 2.57. The first-order chi connectivity index (χ1) is 9.80. The standard InChI is InChI=1S/C15H24N4O2/c1-10-11(9-17-18-10)8-16-13(20)12-6-5-7-19(12)14(21)15(2,3)4/h9,12H,5-8H2,1-4H3,(H,16,20)(H,17,18). The summed E-state index contributed by atoms with van der Waals surface area (Å²) < 4.78 is 0. The molecule has 2 heterocycles. The Labute approximate surface area is 125 Å². The molecule has 0 saturated carbocycles. The van der Waals surface area contributed by atoms with E-state index in [0.29, 0.717) is 13.1 Å². The normalized spacial score (nSPS) is 18.9. The van der Waals surface area contributed by atoms with Crippen LogP contribution in [0.5, 0.6) is 0 Å². The zero-order valence-corrected chi connectivity index (χ0v) is 13.2. The quantitative estimate of drug-likeness (QED) is 0.883. The number of amides is 2. The summed E-state index contributed by atoms with van der Waals surface area (Å²) in [6, 6.07) is -0.344. The van der Waals surface area contributed by atoms with Crippen molar-refractivity contribution in [1.29, 1.82) is 0 Å². The number of nitrogens with zero attached hydrogens (tertiary/aromatic N) is 2. The Morgan fingerprint density at radius 1 is 1.48 bits per heavy atom. The third kappa shape index (κ3) is 3.43. The maximum Gasteiger partial charge on any atom is 0.243 e. The van der Waals surface area contributed by atoms with Gasteiger partial charge in [0, 0.05) is 29.8 Å². The molecule has 2 N–H and O–H groups in total. The first-order valence-electron chi connectivity index (χ1n) is 7.38. The van der Waals surface area contributed by atoms with Crippen LogP contribution in [0.2, 0.25) is 0 Å². The van der Waals surface area contributed by atoms with Crippen LogP contribution in [0.1, 0.15) is 44.9 Å². The number of nitrogens with one attached hydrogen (secondary N) is 2. The van der Waals surface area contributed by atoms with Gasteiger partial charge in [0.2, 0.25) is 11.8 Å². The molecule has 2 amide bonds. The van der Waals surface area contributed by atoms with E-state index >= 15 is 0 Å². The molecule has 2 rings (SSSR count). The highest BCUT2D eigenvalue weighted by molar-refractivity contribution is 5.90. The number of aryl methyl sites for hydroxylation is 1. The Morgan fingerprint density at radius 2 is 2.19 bits per heavy atom. The van der Waals surface area contributed by atoms with E-state index < -0.39 is 5.41 Å². The summed E-state index contributed by atoms with van der Waals surface area (Å²) >= 11 is 0. The Bertz CT molecular complexity index is 530. The van der Waals surface area contributed by atoms with Crippen molar-refractivity contribution in [2.24, 2.45) is 5.41 Å². The van der Waals surface area contributed by atoms with Crippen molar-refractivity contribution < 1.29 is 9.59 Å². The van der Waals surface area contributed by atoms with Crippen molar-refractivity contribution in [1.82, 2.24) is 20.4 Å². The molecule has 6 heteroatoms. The number of aromatic amines is 1. The molecule has 1 unspecified atom stereocenters. The summed E-state index contributed by atoms with van der Waals surface area (Å²) in [7, 11) is 0. The van der Waals surface area contributed by atoms with E-state index in [1.54, 1.807) is 11.1 Å². The minimum atomic E-state index is -0.454. The van der Waals surface area contributed by atoms with Crippen LogP contribution in [0.15, 0.2) is 6.20 Å². The molecule has 0 aromatic carbocycles. The molecule has 1 aromatic rings. The molecule has 116 valence electrons. The second kappa shape index (κ2) is 5.87. The summed E-state index contributed by atoms with van der Waals surface area (Å²) in [5.74, 6) is -0.0367. The van der Waals surface area contributed by atoms with E-state index in [4.69, 9.17) is 0 Å². The number of hydrogen-bond acceptors (Lipinski definition) is 3. The molecule has 1 saturated heterocycles. The number of carbonyl (C=O) groups is 2. The number of H-pyrrole nitrogens is 1. The van der Waals surface area contributed by atoms with Crippen LogP contribution >= 0.6 is 0 Å². The molecule has 0 bridgehead atoms. The zero-order chi connectivity index (χ0) is 15.6. The molecule has 6 nitrogen and oxygen atoms in total. The van der Waals surface area contributed by atoms with E-state index in [9.17, 15) is 9.59 Å². The molecule has 1 aliphatic heterocycles. The van der Waals surface area contributed by atoms with Gasteiger partial charge in [-0.05, 0) is 19.8 Å². The van der Waals surface area contributed by atoms with Gasteiger partial charge in [0.15, 0.2) is 0 Å². The molecule has 1 aliphatic rings. The molecule has 1 aromatic heterocycles. The van der Waals surface area contributed by atoms with Gasteiger partial charge in [0.1, 0.15) is 6.04 Å². The van der Waals surface area contributed by atoms with Gasteiger partial charge in [0.05, 0.1) is 6.20 Å². The lowest BCUT2D eigenvalue weighted by Crippen LogP contribution is -2.49. The van der Waals surface area contributed by atoms with E-state index in [1.165, 1.54) is 0 Å². The molecule has 1 atom stereocenters. The first kappa shape index (κ1) is 15.5. The third-order valence-electron chi connectivity index (χ3n) is 3.85. The van der Waals surface area contributed by atoms with Crippen molar-refractivity contribution >= 4 is 11.8 Å². The third-order valence-corrected chi connectivity index (χ3v) is 3.85. The maximum atomic E-state index is 12.4. The van der Waals surface area contributed by atoms with Crippen LogP contribution in [0.25, 0.3) is 0 Å². The van der Waals surface area contributed by atoms with Gasteiger partial charge in [-0.3, -0.25) is 14.7 Å². The second-order valence-corrected chi connectivity index (χ2v) is 6.64. The fourth-order valence-electron chi connectivity index (χ4n) is 2.57. The summed E-state index contributed by atoms with van der Waals surface area (Å²) in [5, 5.41) is 9.69. The topological polar surface area (TPSA) is 78.1 Å². The van der Waals surface area contributed by atoms with Gasteiger partial charge in [-0.1, -0.05) is 20.8 Å². The van der Waals surface area contributed by atoms with Crippen LogP contribution < -0.4 is 5.32 Å². The number of carbonyl (C=O) groups excluding carboxylic acids is 2. The molecular weight excluding hydrogens is 268 g/mol. The van der Waals surface area contributed by atoms with Crippen LogP contribution in [0.3, 0.4) is 0 Å². The van der Waals surface area contributed by atoms with Crippen molar-refractivity contribution in [2.75, 3.05) is 6.54 Å². The van der Waals surface area contributed by atoms with E-state index in [-0.39, 0.29) is 17.9 Å². The second-order valence-electron chi connectivity index (χ2n) is 6.64. The highest BCUT2D eigenvalue weighted by atomic mass is 16.2. The fraction of sp³-hybridized carbons (Fsp3) is 0.667. The van der Waals surface area contributed by atoms with Crippen molar-refractivity contribution in [3.63, 3.8) is 0 Å². The highest BCUT2D eigenvalue weighted by Gasteiger charge is 2.38. The van der Waals surface area contributed by atoms with Gasteiger partial charge < -0.3 is 10.2 Å². The van der Waals surface area contributed by atoms with Crippen molar-refractivity contribution in [3.05, 3.63) is 17.5 Å². The number of likely N-dealkylation sites (tertiary alicyclic amines) is 1. The van der Waals surface area contributed by atoms with Crippen molar-refractivity contribution in [2.45, 2.75) is 53.1 Å². The minimum absolute atomic E-state index is 0.0413. The van der Waals surface area contributed by atoms with E-state index in [1.807, 2.05) is 27.7 Å². The molecule has 0 spiro atoms. The Morgan fingerprint density at radius 3 is 2.76 bits per heavy atom. The van der Waals surface area contributed by atoms with Gasteiger partial charge in [-0.25, -0.2) is 0 Å². The summed E-state index contributed by atoms with van der Waals surface area (Å²) in [6.07, 6.45) is 3.32. The molecule has 21 heavy (non-hydrogen) atoms. The molecule has 0 aliphatic carbocycles. The van der Waals surface area contributed by atoms with Gasteiger partial charge in [0.25, 0.3) is 0 Å². The SMILES string of the molecule is Cc1[nH]ncc1CNC(=O)C1CCCN1C(=O)C(C)(C)C. The predicted molar refractivity (Wildman–Crippen MR) is 79.4 cm³/mol. The largest absolute Gasteiger partial charge is 0.350 e. The lowest BCUT2D eigenvalue weighted by Gasteiger charge is -2.30. The average molecular weight is 292 g/mol. The number of hydrogen-bond donors (Lipinski definition) is 2. The van der Waals surface area contributed by atoms with Crippen LogP contribution in [-0.4, -0.2) is 39.5 Å². The Hall–Kier alpha value is -1.85. The molecular formula is C15H24N4O2. The van der Waals surface area contributed by atoms with E-state index in [0.717, 1.165) is 24.1 Å². The minimum Gasteiger partial charge on any atom is -0.350 e. The Balaban J connectivity index is 1.98. The highest BCUT2D eigenvalue weighted by Crippen LogP contribution is 2.25. The van der Waals surface area contributed by atoms with Gasteiger partial charge in [-0.15, -0.1) is 0 Å². The summed E-state index contributed by atoms with van der Waals surface area (Å²) in [5.41, 5.74) is 1.46. The first-order valence-corrected chi connectivity index (χ1v) is 7.38. The average Bonchev–Trinajstić information content (AvgIpc) is 3.02.